The molecule has 0 radical (unpaired) electrons. The molecule has 0 N–H and O–H groups in total. The van der Waals surface area contributed by atoms with Crippen LogP contribution >= 0.6 is 15.9 Å². The molecule has 0 saturated heterocycles. The summed E-state index contributed by atoms with van der Waals surface area (Å²) in [5.74, 6) is 0. The molecule has 1 fully saturated rings. The second kappa shape index (κ2) is 6.76. The summed E-state index contributed by atoms with van der Waals surface area (Å²) in [5.41, 5.74) is 5.41. The maximum Gasteiger partial charge on any atom is 0.0998 e. The number of hydrogen-bond donors (Lipinski definition) is 0. The molecule has 0 unspecified atom stereocenters. The summed E-state index contributed by atoms with van der Waals surface area (Å²) in [6.45, 7) is 4.35. The summed E-state index contributed by atoms with van der Waals surface area (Å²) in [7, 11) is 0. The van der Waals surface area contributed by atoms with Crippen LogP contribution in [0.1, 0.15) is 54.2 Å². The van der Waals surface area contributed by atoms with Gasteiger partial charge in [0.2, 0.25) is 0 Å². The van der Waals surface area contributed by atoms with Gasteiger partial charge in [-0.2, -0.15) is 5.26 Å². The minimum Gasteiger partial charge on any atom is -0.346 e. The van der Waals surface area contributed by atoms with Gasteiger partial charge in [0.1, 0.15) is 0 Å². The number of benzene rings is 1. The Morgan fingerprint density at radius 3 is 2.48 bits per heavy atom. The fourth-order valence-corrected chi connectivity index (χ4v) is 3.90. The second-order valence-corrected chi connectivity index (χ2v) is 7.23. The summed E-state index contributed by atoms with van der Waals surface area (Å²) >= 11 is 3.44. The van der Waals surface area contributed by atoms with Gasteiger partial charge in [-0.15, -0.1) is 0 Å². The molecule has 0 bridgehead atoms. The van der Waals surface area contributed by atoms with Gasteiger partial charge in [0.25, 0.3) is 0 Å². The van der Waals surface area contributed by atoms with Gasteiger partial charge in [-0.25, -0.2) is 0 Å². The van der Waals surface area contributed by atoms with E-state index >= 15 is 0 Å². The van der Waals surface area contributed by atoms with Gasteiger partial charge in [-0.3, -0.25) is 0 Å². The van der Waals surface area contributed by atoms with E-state index in [-0.39, 0.29) is 0 Å². The molecular weight excluding hydrogens is 348 g/mol. The molecule has 0 spiro atoms. The highest BCUT2D eigenvalue weighted by Crippen LogP contribution is 2.34. The summed E-state index contributed by atoms with van der Waals surface area (Å²) in [6.07, 6.45) is 7.23. The molecule has 2 aromatic rings. The van der Waals surface area contributed by atoms with E-state index in [4.69, 9.17) is 0 Å². The van der Waals surface area contributed by atoms with E-state index < -0.39 is 0 Å². The third-order valence-electron chi connectivity index (χ3n) is 4.79. The van der Waals surface area contributed by atoms with Crippen LogP contribution in [-0.2, 0) is 0 Å². The molecule has 1 aliphatic carbocycles. The lowest BCUT2D eigenvalue weighted by Crippen LogP contribution is -2.08. The zero-order valence-electron chi connectivity index (χ0n) is 13.6. The number of hydrogen-bond acceptors (Lipinski definition) is 1. The van der Waals surface area contributed by atoms with Crippen LogP contribution in [0.5, 0.6) is 0 Å². The highest BCUT2D eigenvalue weighted by Gasteiger charge is 2.20. The zero-order valence-corrected chi connectivity index (χ0v) is 15.2. The Morgan fingerprint density at radius 2 is 1.87 bits per heavy atom. The van der Waals surface area contributed by atoms with Crippen LogP contribution < -0.4 is 0 Å². The minimum absolute atomic E-state index is 0.635. The molecule has 0 aliphatic heterocycles. The van der Waals surface area contributed by atoms with Gasteiger partial charge in [-0.1, -0.05) is 40.9 Å². The zero-order chi connectivity index (χ0) is 16.4. The lowest BCUT2D eigenvalue weighted by molar-refractivity contribution is 0.500. The van der Waals surface area contributed by atoms with Crippen LogP contribution in [-0.4, -0.2) is 4.57 Å². The SMILES string of the molecule is Cc1cc(C=C(C#N)c2ccc(Br)cc2)c(C)n1C1CCCC1. The molecule has 1 aromatic heterocycles. The normalized spacial score (nSPS) is 15.8. The molecule has 0 atom stereocenters. The van der Waals surface area contributed by atoms with E-state index in [0.717, 1.165) is 15.6 Å². The Balaban J connectivity index is 1.99. The van der Waals surface area contributed by atoms with Gasteiger partial charge < -0.3 is 4.57 Å². The number of allylic oxidation sites excluding steroid dienone is 1. The molecule has 2 nitrogen and oxygen atoms in total. The standard InChI is InChI=1S/C20H21BrN2/c1-14-11-17(15(2)23(14)20-5-3-4-6-20)12-18(13-22)16-7-9-19(21)10-8-16/h7-12,20H,3-6H2,1-2H3. The molecule has 23 heavy (non-hydrogen) atoms. The van der Waals surface area contributed by atoms with Gasteiger partial charge in [0, 0.05) is 21.9 Å². The monoisotopic (exact) mass is 368 g/mol. The molecule has 0 amide bonds. The average molecular weight is 369 g/mol. The van der Waals surface area contributed by atoms with Crippen LogP contribution in [0.15, 0.2) is 34.8 Å². The van der Waals surface area contributed by atoms with Crippen molar-refractivity contribution in [3.05, 3.63) is 57.3 Å². The first kappa shape index (κ1) is 16.1. The predicted molar refractivity (Wildman–Crippen MR) is 99.0 cm³/mol. The number of nitriles is 1. The molecular formula is C20H21BrN2. The molecule has 3 heteroatoms. The number of halogens is 1. The highest BCUT2D eigenvalue weighted by atomic mass is 79.9. The first-order chi connectivity index (χ1) is 11.1. The van der Waals surface area contributed by atoms with Gasteiger partial charge >= 0.3 is 0 Å². The third-order valence-corrected chi connectivity index (χ3v) is 5.32. The Morgan fingerprint density at radius 1 is 1.22 bits per heavy atom. The van der Waals surface area contributed by atoms with Gasteiger partial charge in [0.15, 0.2) is 0 Å². The van der Waals surface area contributed by atoms with Crippen molar-refractivity contribution in [2.75, 3.05) is 0 Å². The first-order valence-electron chi connectivity index (χ1n) is 8.16. The maximum absolute atomic E-state index is 9.55. The number of aryl methyl sites for hydroxylation is 1. The Labute approximate surface area is 146 Å². The Bertz CT molecular complexity index is 769. The second-order valence-electron chi connectivity index (χ2n) is 6.31. The summed E-state index contributed by atoms with van der Waals surface area (Å²) in [5, 5.41) is 9.55. The number of rotatable bonds is 3. The molecule has 1 aromatic carbocycles. The predicted octanol–water partition coefficient (Wildman–Crippen LogP) is 6.05. The summed E-state index contributed by atoms with van der Waals surface area (Å²) < 4.78 is 3.49. The quantitative estimate of drug-likeness (QED) is 0.606. The van der Waals surface area contributed by atoms with Crippen molar-refractivity contribution < 1.29 is 0 Å². The summed E-state index contributed by atoms with van der Waals surface area (Å²) in [4.78, 5) is 0. The van der Waals surface area contributed by atoms with Crippen LogP contribution in [0.4, 0.5) is 0 Å². The maximum atomic E-state index is 9.55. The van der Waals surface area contributed by atoms with Crippen molar-refractivity contribution >= 4 is 27.6 Å². The van der Waals surface area contributed by atoms with Crippen molar-refractivity contribution in [2.45, 2.75) is 45.6 Å². The first-order valence-corrected chi connectivity index (χ1v) is 8.95. The van der Waals surface area contributed by atoms with Crippen LogP contribution in [0.3, 0.4) is 0 Å². The van der Waals surface area contributed by atoms with Crippen LogP contribution in [0.2, 0.25) is 0 Å². The largest absolute Gasteiger partial charge is 0.346 e. The minimum atomic E-state index is 0.635. The topological polar surface area (TPSA) is 28.7 Å². The fourth-order valence-electron chi connectivity index (χ4n) is 3.64. The van der Waals surface area contributed by atoms with E-state index in [1.807, 2.05) is 30.3 Å². The molecule has 118 valence electrons. The Hall–Kier alpha value is -1.79. The van der Waals surface area contributed by atoms with E-state index in [0.29, 0.717) is 11.6 Å². The number of nitrogens with zero attached hydrogens (tertiary/aromatic N) is 2. The molecule has 1 heterocycles. The Kier molecular flexibility index (Phi) is 4.73. The van der Waals surface area contributed by atoms with Crippen molar-refractivity contribution in [3.8, 4) is 6.07 Å². The molecule has 3 rings (SSSR count). The fraction of sp³-hybridized carbons (Fsp3) is 0.350. The van der Waals surface area contributed by atoms with Crippen molar-refractivity contribution in [2.24, 2.45) is 0 Å². The van der Waals surface area contributed by atoms with E-state index in [1.54, 1.807) is 0 Å². The summed E-state index contributed by atoms with van der Waals surface area (Å²) in [6, 6.07) is 13.1. The third kappa shape index (κ3) is 3.28. The van der Waals surface area contributed by atoms with E-state index in [2.05, 4.69) is 46.5 Å². The van der Waals surface area contributed by atoms with Crippen molar-refractivity contribution in [1.82, 2.24) is 4.57 Å². The van der Waals surface area contributed by atoms with E-state index in [9.17, 15) is 5.26 Å². The molecule has 1 saturated carbocycles. The lowest BCUT2D eigenvalue weighted by Gasteiger charge is -2.17. The smallest absolute Gasteiger partial charge is 0.0998 e. The average Bonchev–Trinajstić information content (AvgIpc) is 3.14. The highest BCUT2D eigenvalue weighted by molar-refractivity contribution is 9.10. The number of aromatic nitrogens is 1. The van der Waals surface area contributed by atoms with Crippen molar-refractivity contribution in [1.29, 1.82) is 5.26 Å². The van der Waals surface area contributed by atoms with Crippen LogP contribution in [0.25, 0.3) is 11.6 Å². The van der Waals surface area contributed by atoms with Crippen molar-refractivity contribution in [3.63, 3.8) is 0 Å². The van der Waals surface area contributed by atoms with Crippen LogP contribution in [0, 0.1) is 25.2 Å². The van der Waals surface area contributed by atoms with E-state index in [1.165, 1.54) is 37.1 Å². The molecule has 1 aliphatic rings. The van der Waals surface area contributed by atoms with Gasteiger partial charge in [0.05, 0.1) is 11.6 Å². The van der Waals surface area contributed by atoms with Gasteiger partial charge in [-0.05, 0) is 62.1 Å². The lowest BCUT2D eigenvalue weighted by atomic mass is 10.0.